The van der Waals surface area contributed by atoms with Crippen molar-refractivity contribution in [3.63, 3.8) is 0 Å². The van der Waals surface area contributed by atoms with Crippen molar-refractivity contribution in [1.82, 2.24) is 25.9 Å². The fourth-order valence-corrected chi connectivity index (χ4v) is 8.65. The Kier molecular flexibility index (Phi) is 9.28. The molecule has 11 nitrogen and oxygen atoms in total. The number of benzene rings is 2. The Balaban J connectivity index is 1.35. The van der Waals surface area contributed by atoms with Crippen molar-refractivity contribution in [2.24, 2.45) is 10.9 Å². The molecule has 7 rings (SSSR count). The first kappa shape index (κ1) is 34.0. The summed E-state index contributed by atoms with van der Waals surface area (Å²) in [6, 6.07) is 14.4. The molecule has 4 N–H and O–H groups in total. The molecule has 0 aromatic heterocycles. The molecule has 50 heavy (non-hydrogen) atoms. The largest absolute Gasteiger partial charge is 0.388 e. The first-order valence-electron chi connectivity index (χ1n) is 17.9. The van der Waals surface area contributed by atoms with E-state index >= 15 is 0 Å². The van der Waals surface area contributed by atoms with Gasteiger partial charge < -0.3 is 21.1 Å². The van der Waals surface area contributed by atoms with Gasteiger partial charge in [0.15, 0.2) is 0 Å². The van der Waals surface area contributed by atoms with Crippen LogP contribution in [0.15, 0.2) is 59.7 Å². The number of hydrogen-bond donors (Lipinski definition) is 4. The molecule has 0 spiro atoms. The van der Waals surface area contributed by atoms with E-state index in [-0.39, 0.29) is 42.4 Å². The van der Waals surface area contributed by atoms with Crippen LogP contribution >= 0.6 is 0 Å². The van der Waals surface area contributed by atoms with Gasteiger partial charge in [-0.15, -0.1) is 0 Å². The van der Waals surface area contributed by atoms with Crippen LogP contribution in [0.4, 0.5) is 0 Å². The quantitative estimate of drug-likeness (QED) is 0.297. The summed E-state index contributed by atoms with van der Waals surface area (Å²) in [7, 11) is 3.49. The van der Waals surface area contributed by atoms with E-state index in [2.05, 4.69) is 53.7 Å². The average Bonchev–Trinajstić information content (AvgIpc) is 3.67. The van der Waals surface area contributed by atoms with Gasteiger partial charge in [-0.1, -0.05) is 44.0 Å². The molecular formula is C39H47N7O4. The van der Waals surface area contributed by atoms with Crippen molar-refractivity contribution in [2.75, 3.05) is 20.6 Å². The molecule has 5 aliphatic rings. The van der Waals surface area contributed by atoms with E-state index in [9.17, 15) is 20.0 Å². The fourth-order valence-electron chi connectivity index (χ4n) is 8.65. The van der Waals surface area contributed by atoms with Crippen LogP contribution in [0.1, 0.15) is 90.0 Å². The standard InChI is InChI=1S/C39H47N7O4/c1-23(43-22-35(47)45-31(21-40)18-29-19-34(29)45)20-39(37-44-38(49)50-46(37)30-8-6-5-7-9-30)32-14-12-25(24(2)41-3)16-26(32)10-11-27-17-28(36(48)42-4)13-15-33(27)39/h12-18,23,29-30,34,38,41,43,49H,2,5-11,19-20,22H2,1,3-4H3,(H,42,48)/t23-,29+,34-,38?,39?/m0/s1. The van der Waals surface area contributed by atoms with Crippen molar-refractivity contribution in [3.05, 3.63) is 88.1 Å². The van der Waals surface area contributed by atoms with Gasteiger partial charge in [-0.2, -0.15) is 5.26 Å². The first-order valence-corrected chi connectivity index (χ1v) is 17.9. The third kappa shape index (κ3) is 5.99. The smallest absolute Gasteiger partial charge is 0.280 e. The van der Waals surface area contributed by atoms with Crippen molar-refractivity contribution in [3.8, 4) is 6.07 Å². The van der Waals surface area contributed by atoms with Gasteiger partial charge in [0.2, 0.25) is 5.91 Å². The minimum atomic E-state index is -1.35. The number of nitrogens with one attached hydrogen (secondary N) is 3. The third-order valence-corrected chi connectivity index (χ3v) is 11.2. The van der Waals surface area contributed by atoms with E-state index in [1.807, 2.05) is 36.4 Å². The molecule has 2 aliphatic heterocycles. The number of nitrogens with zero attached hydrogens (tertiary/aromatic N) is 4. The number of hydrogen-bond acceptors (Lipinski definition) is 9. The van der Waals surface area contributed by atoms with Crippen LogP contribution in [-0.4, -0.2) is 77.9 Å². The maximum absolute atomic E-state index is 13.5. The second kappa shape index (κ2) is 13.7. The number of fused-ring (bicyclic) bond motifs is 3. The van der Waals surface area contributed by atoms with Gasteiger partial charge in [0.05, 0.1) is 18.0 Å². The summed E-state index contributed by atoms with van der Waals surface area (Å²) in [5.74, 6) is 0.656. The molecule has 2 aromatic rings. The lowest BCUT2D eigenvalue weighted by Crippen LogP contribution is -2.53. The molecule has 2 fully saturated rings. The van der Waals surface area contributed by atoms with Gasteiger partial charge in [-0.05, 0) is 97.5 Å². The SMILES string of the molecule is C=C(NC)c1ccc2c(c1)CCc1cc(C(=O)NC)ccc1C2(C[C@H](C)NCC(=O)N1C(C#N)=C[C@@H]2C[C@@H]21)C1=NC(O)ON1C1CCCCC1. The van der Waals surface area contributed by atoms with Crippen LogP contribution in [0.25, 0.3) is 5.70 Å². The Hall–Kier alpha value is -4.50. The minimum Gasteiger partial charge on any atom is -0.388 e. The number of aliphatic hydroxyl groups is 1. The summed E-state index contributed by atoms with van der Waals surface area (Å²) < 4.78 is 0. The lowest BCUT2D eigenvalue weighted by atomic mass is 9.67. The predicted octanol–water partition coefficient (Wildman–Crippen LogP) is 3.88. The third-order valence-electron chi connectivity index (χ3n) is 11.2. The topological polar surface area (TPSA) is 142 Å². The zero-order valence-electron chi connectivity index (χ0n) is 29.2. The van der Waals surface area contributed by atoms with Crippen LogP contribution in [0, 0.1) is 17.2 Å². The van der Waals surface area contributed by atoms with Gasteiger partial charge in [0.1, 0.15) is 17.6 Å². The highest BCUT2D eigenvalue weighted by Gasteiger charge is 2.52. The van der Waals surface area contributed by atoms with Gasteiger partial charge in [0, 0.05) is 43.4 Å². The molecule has 0 radical (unpaired) electrons. The highest BCUT2D eigenvalue weighted by atomic mass is 16.8. The second-order valence-corrected chi connectivity index (χ2v) is 14.3. The van der Waals surface area contributed by atoms with Crippen molar-refractivity contribution >= 4 is 23.3 Å². The number of aliphatic hydroxyl groups excluding tert-OH is 1. The summed E-state index contributed by atoms with van der Waals surface area (Å²) in [4.78, 5) is 39.2. The number of nitriles is 1. The molecule has 5 atom stereocenters. The maximum atomic E-state index is 13.5. The Morgan fingerprint density at radius 2 is 1.76 bits per heavy atom. The average molecular weight is 678 g/mol. The molecule has 2 saturated carbocycles. The molecule has 2 amide bonds. The lowest BCUT2D eigenvalue weighted by Gasteiger charge is -2.43. The number of amides is 2. The molecule has 3 aliphatic carbocycles. The van der Waals surface area contributed by atoms with Crippen LogP contribution in [-0.2, 0) is 27.9 Å². The molecule has 2 aromatic carbocycles. The molecule has 262 valence electrons. The number of hydroxylamine groups is 2. The van der Waals surface area contributed by atoms with E-state index in [0.717, 1.165) is 72.0 Å². The van der Waals surface area contributed by atoms with Crippen molar-refractivity contribution in [2.45, 2.75) is 94.7 Å². The van der Waals surface area contributed by atoms with Gasteiger partial charge in [-0.3, -0.25) is 14.5 Å². The molecule has 11 heteroatoms. The van der Waals surface area contributed by atoms with Crippen LogP contribution in [0.3, 0.4) is 0 Å². The zero-order valence-corrected chi connectivity index (χ0v) is 29.2. The van der Waals surface area contributed by atoms with E-state index in [1.165, 1.54) is 0 Å². The van der Waals surface area contributed by atoms with Crippen LogP contribution in [0.2, 0.25) is 0 Å². The van der Waals surface area contributed by atoms with E-state index < -0.39 is 11.8 Å². The van der Waals surface area contributed by atoms with Crippen molar-refractivity contribution in [1.29, 1.82) is 5.26 Å². The highest BCUT2D eigenvalue weighted by Crippen LogP contribution is 2.48. The van der Waals surface area contributed by atoms with E-state index in [1.54, 1.807) is 11.9 Å². The number of aryl methyl sites for hydroxylation is 2. The molecule has 0 saturated heterocycles. The summed E-state index contributed by atoms with van der Waals surface area (Å²) in [6.45, 7) is 6.37. The lowest BCUT2D eigenvalue weighted by molar-refractivity contribution is -0.223. The number of carbonyl (C=O) groups is 2. The van der Waals surface area contributed by atoms with E-state index in [4.69, 9.17) is 9.83 Å². The van der Waals surface area contributed by atoms with E-state index in [0.29, 0.717) is 36.4 Å². The monoisotopic (exact) mass is 677 g/mol. The van der Waals surface area contributed by atoms with Crippen molar-refractivity contribution < 1.29 is 19.5 Å². The van der Waals surface area contributed by atoms with Gasteiger partial charge >= 0.3 is 0 Å². The Morgan fingerprint density at radius 1 is 1.08 bits per heavy atom. The summed E-state index contributed by atoms with van der Waals surface area (Å²) in [6.07, 6.45) is 8.49. The predicted molar refractivity (Wildman–Crippen MR) is 190 cm³/mol. The normalized spacial score (nSPS) is 26.0. The zero-order chi connectivity index (χ0) is 35.2. The Bertz CT molecular complexity index is 1740. The number of aliphatic imine (C=N–C) groups is 1. The highest BCUT2D eigenvalue weighted by molar-refractivity contribution is 5.99. The van der Waals surface area contributed by atoms with Crippen LogP contribution < -0.4 is 16.0 Å². The Labute approximate surface area is 294 Å². The van der Waals surface area contributed by atoms with Crippen LogP contribution in [0.5, 0.6) is 0 Å². The molecule has 0 bridgehead atoms. The number of allylic oxidation sites excluding steroid dienone is 1. The number of carbonyl (C=O) groups excluding carboxylic acids is 2. The maximum Gasteiger partial charge on any atom is 0.280 e. The fraction of sp³-hybridized carbons (Fsp3) is 0.487. The molecule has 2 unspecified atom stereocenters. The second-order valence-electron chi connectivity index (χ2n) is 14.3. The first-order chi connectivity index (χ1) is 24.2. The minimum absolute atomic E-state index is 0.0443. The molecule has 2 heterocycles. The van der Waals surface area contributed by atoms with Gasteiger partial charge in [0.25, 0.3) is 12.3 Å². The summed E-state index contributed by atoms with van der Waals surface area (Å²) >= 11 is 0. The Morgan fingerprint density at radius 3 is 2.42 bits per heavy atom. The number of amidine groups is 1. The number of rotatable bonds is 10. The van der Waals surface area contributed by atoms with Gasteiger partial charge in [-0.25, -0.2) is 14.9 Å². The molecular weight excluding hydrogens is 630 g/mol. The summed E-state index contributed by atoms with van der Waals surface area (Å²) in [5.41, 5.74) is 6.07. The summed E-state index contributed by atoms with van der Waals surface area (Å²) in [5, 5.41) is 32.1.